The third-order valence-corrected chi connectivity index (χ3v) is 4.78. The Bertz CT molecular complexity index is 773. The lowest BCUT2D eigenvalue weighted by Gasteiger charge is -2.21. The number of nitrogens with one attached hydrogen (secondary N) is 1. The van der Waals surface area contributed by atoms with Crippen LogP contribution in [0.3, 0.4) is 0 Å². The molecule has 2 heterocycles. The summed E-state index contributed by atoms with van der Waals surface area (Å²) in [5, 5.41) is 13.7. The number of rotatable bonds is 5. The molecule has 5 nitrogen and oxygen atoms in total. The topological polar surface area (TPSA) is 61.1 Å². The average molecular weight is 324 g/mol. The number of hydrogen-bond acceptors (Lipinski definition) is 3. The molecule has 0 aliphatic carbocycles. The second-order valence-electron chi connectivity index (χ2n) is 6.64. The molecule has 5 heteroatoms. The molecule has 126 valence electrons. The molecule has 2 aromatic rings. The van der Waals surface area contributed by atoms with Gasteiger partial charge >= 0.3 is 0 Å². The van der Waals surface area contributed by atoms with Crippen LogP contribution in [0, 0.1) is 18.3 Å². The van der Waals surface area contributed by atoms with Crippen LogP contribution in [0.1, 0.15) is 25.3 Å². The summed E-state index contributed by atoms with van der Waals surface area (Å²) in [6, 6.07) is 10.5. The number of amides is 1. The Balaban J connectivity index is 1.58. The fraction of sp³-hybridized carbons (Fsp3) is 0.474. The van der Waals surface area contributed by atoms with E-state index in [1.165, 1.54) is 16.5 Å². The van der Waals surface area contributed by atoms with Crippen molar-refractivity contribution < 1.29 is 4.79 Å². The average Bonchev–Trinajstić information content (AvgIpc) is 3.18. The normalized spacial score (nSPS) is 18.7. The lowest BCUT2D eigenvalue weighted by Crippen LogP contribution is -2.43. The van der Waals surface area contributed by atoms with Gasteiger partial charge in [-0.3, -0.25) is 4.79 Å². The van der Waals surface area contributed by atoms with E-state index in [4.69, 9.17) is 5.26 Å². The minimum absolute atomic E-state index is 0.0273. The van der Waals surface area contributed by atoms with Crippen molar-refractivity contribution in [2.45, 2.75) is 45.3 Å². The molecular formula is C19H24N4O. The van der Waals surface area contributed by atoms with Crippen molar-refractivity contribution >= 4 is 16.8 Å². The summed E-state index contributed by atoms with van der Waals surface area (Å²) in [4.78, 5) is 14.0. The molecule has 24 heavy (non-hydrogen) atoms. The highest BCUT2D eigenvalue weighted by Crippen LogP contribution is 2.20. The number of likely N-dealkylation sites (tertiary alicyclic amines) is 1. The molecule has 1 aromatic carbocycles. The molecule has 0 spiro atoms. The molecule has 1 aliphatic rings. The number of carbonyl (C=O) groups is 1. The number of fused-ring (bicyclic) bond motifs is 1. The Labute approximate surface area is 142 Å². The SMILES string of the molecule is Cc1cn(C[C@H](C)NCC(=O)N2CCC[C@H]2C#N)c2ccccc12. The lowest BCUT2D eigenvalue weighted by atomic mass is 10.2. The van der Waals surface area contributed by atoms with Gasteiger partial charge in [-0.2, -0.15) is 5.26 Å². The Morgan fingerprint density at radius 2 is 2.25 bits per heavy atom. The van der Waals surface area contributed by atoms with Crippen molar-refractivity contribution in [1.82, 2.24) is 14.8 Å². The zero-order chi connectivity index (χ0) is 17.1. The number of carbonyl (C=O) groups excluding carboxylic acids is 1. The van der Waals surface area contributed by atoms with E-state index in [2.05, 4.69) is 60.3 Å². The van der Waals surface area contributed by atoms with Gasteiger partial charge in [0.15, 0.2) is 0 Å². The van der Waals surface area contributed by atoms with E-state index in [1.807, 2.05) is 0 Å². The number of nitrogens with zero attached hydrogens (tertiary/aromatic N) is 3. The van der Waals surface area contributed by atoms with Crippen molar-refractivity contribution in [2.24, 2.45) is 0 Å². The number of para-hydroxylation sites is 1. The van der Waals surface area contributed by atoms with Crippen molar-refractivity contribution in [2.75, 3.05) is 13.1 Å². The van der Waals surface area contributed by atoms with Gasteiger partial charge in [0.2, 0.25) is 5.91 Å². The summed E-state index contributed by atoms with van der Waals surface area (Å²) in [5.41, 5.74) is 2.49. The first-order valence-corrected chi connectivity index (χ1v) is 8.57. The smallest absolute Gasteiger partial charge is 0.237 e. The molecule has 1 fully saturated rings. The quantitative estimate of drug-likeness (QED) is 0.919. The number of aryl methyl sites for hydroxylation is 1. The Kier molecular flexibility index (Phi) is 4.86. The van der Waals surface area contributed by atoms with Crippen molar-refractivity contribution in [3.05, 3.63) is 36.0 Å². The van der Waals surface area contributed by atoms with E-state index < -0.39 is 0 Å². The number of benzene rings is 1. The largest absolute Gasteiger partial charge is 0.346 e. The number of aromatic nitrogens is 1. The maximum absolute atomic E-state index is 12.3. The van der Waals surface area contributed by atoms with Gasteiger partial charge in [-0.25, -0.2) is 0 Å². The predicted octanol–water partition coefficient (Wildman–Crippen LogP) is 2.44. The van der Waals surface area contributed by atoms with E-state index in [0.29, 0.717) is 6.54 Å². The predicted molar refractivity (Wildman–Crippen MR) is 94.5 cm³/mol. The van der Waals surface area contributed by atoms with E-state index in [9.17, 15) is 4.79 Å². The third-order valence-electron chi connectivity index (χ3n) is 4.78. The van der Waals surface area contributed by atoms with E-state index in [0.717, 1.165) is 19.4 Å². The summed E-state index contributed by atoms with van der Waals surface area (Å²) in [6.07, 6.45) is 3.89. The molecule has 2 atom stereocenters. The highest BCUT2D eigenvalue weighted by molar-refractivity contribution is 5.83. The standard InChI is InChI=1S/C19H24N4O/c1-14-12-22(18-8-4-3-7-17(14)18)13-15(2)21-11-19(24)23-9-5-6-16(23)10-20/h3-4,7-8,12,15-16,21H,5-6,9,11,13H2,1-2H3/t15-,16-/m0/s1. The summed E-state index contributed by atoms with van der Waals surface area (Å²) < 4.78 is 2.24. The maximum atomic E-state index is 12.3. The van der Waals surface area contributed by atoms with Crippen LogP contribution >= 0.6 is 0 Å². The Morgan fingerprint density at radius 3 is 3.04 bits per heavy atom. The molecule has 1 aromatic heterocycles. The first-order valence-electron chi connectivity index (χ1n) is 8.57. The van der Waals surface area contributed by atoms with Crippen LogP contribution in [-0.2, 0) is 11.3 Å². The van der Waals surface area contributed by atoms with Crippen LogP contribution < -0.4 is 5.32 Å². The molecule has 0 unspecified atom stereocenters. The van der Waals surface area contributed by atoms with Crippen molar-refractivity contribution in [3.8, 4) is 6.07 Å². The van der Waals surface area contributed by atoms with Crippen molar-refractivity contribution in [3.63, 3.8) is 0 Å². The van der Waals surface area contributed by atoms with Gasteiger partial charge in [0.1, 0.15) is 6.04 Å². The van der Waals surface area contributed by atoms with Crippen LogP contribution in [0.4, 0.5) is 0 Å². The van der Waals surface area contributed by atoms with E-state index >= 15 is 0 Å². The third kappa shape index (κ3) is 3.29. The molecule has 1 aliphatic heterocycles. The molecule has 0 radical (unpaired) electrons. The Hall–Kier alpha value is -2.32. The zero-order valence-electron chi connectivity index (χ0n) is 14.3. The van der Waals surface area contributed by atoms with Crippen LogP contribution in [-0.4, -0.2) is 40.5 Å². The van der Waals surface area contributed by atoms with Crippen LogP contribution in [0.5, 0.6) is 0 Å². The van der Waals surface area contributed by atoms with Gasteiger partial charge in [0.05, 0.1) is 12.6 Å². The molecular weight excluding hydrogens is 300 g/mol. The Morgan fingerprint density at radius 1 is 1.46 bits per heavy atom. The second kappa shape index (κ2) is 7.06. The van der Waals surface area contributed by atoms with Gasteiger partial charge in [-0.15, -0.1) is 0 Å². The molecule has 3 rings (SSSR count). The van der Waals surface area contributed by atoms with E-state index in [1.54, 1.807) is 4.90 Å². The minimum Gasteiger partial charge on any atom is -0.346 e. The molecule has 1 N–H and O–H groups in total. The second-order valence-corrected chi connectivity index (χ2v) is 6.64. The molecule has 1 saturated heterocycles. The van der Waals surface area contributed by atoms with Crippen LogP contribution in [0.2, 0.25) is 0 Å². The fourth-order valence-corrected chi connectivity index (χ4v) is 3.50. The number of nitriles is 1. The minimum atomic E-state index is -0.245. The van der Waals surface area contributed by atoms with Gasteiger partial charge in [-0.1, -0.05) is 18.2 Å². The number of hydrogen-bond donors (Lipinski definition) is 1. The summed E-state index contributed by atoms with van der Waals surface area (Å²) in [6.45, 7) is 6.01. The first kappa shape index (κ1) is 16.5. The maximum Gasteiger partial charge on any atom is 0.237 e. The molecule has 1 amide bonds. The van der Waals surface area contributed by atoms with Gasteiger partial charge in [-0.05, 0) is 38.3 Å². The molecule has 0 saturated carbocycles. The fourth-order valence-electron chi connectivity index (χ4n) is 3.50. The van der Waals surface area contributed by atoms with Crippen molar-refractivity contribution in [1.29, 1.82) is 5.26 Å². The van der Waals surface area contributed by atoms with Gasteiger partial charge < -0.3 is 14.8 Å². The first-order chi connectivity index (χ1) is 11.6. The monoisotopic (exact) mass is 324 g/mol. The molecule has 0 bridgehead atoms. The highest BCUT2D eigenvalue weighted by Gasteiger charge is 2.28. The van der Waals surface area contributed by atoms with Crippen LogP contribution in [0.15, 0.2) is 30.5 Å². The van der Waals surface area contributed by atoms with E-state index in [-0.39, 0.29) is 24.5 Å². The lowest BCUT2D eigenvalue weighted by molar-refractivity contribution is -0.130. The zero-order valence-corrected chi connectivity index (χ0v) is 14.3. The van der Waals surface area contributed by atoms with Gasteiger partial charge in [0.25, 0.3) is 0 Å². The highest BCUT2D eigenvalue weighted by atomic mass is 16.2. The summed E-state index contributed by atoms with van der Waals surface area (Å²) >= 11 is 0. The summed E-state index contributed by atoms with van der Waals surface area (Å²) in [7, 11) is 0. The van der Waals surface area contributed by atoms with Crippen LogP contribution in [0.25, 0.3) is 10.9 Å². The summed E-state index contributed by atoms with van der Waals surface area (Å²) in [5.74, 6) is 0.0273. The van der Waals surface area contributed by atoms with Gasteiger partial charge in [0, 0.05) is 36.2 Å².